The smallest absolute Gasteiger partial charge is 0.337 e. The van der Waals surface area contributed by atoms with Crippen LogP contribution in [0.1, 0.15) is 51.5 Å². The second-order valence-electron chi connectivity index (χ2n) is 6.77. The highest BCUT2D eigenvalue weighted by molar-refractivity contribution is 14.1. The molecular weight excluding hydrogens is 429 g/mol. The Balaban J connectivity index is 2.15. The Labute approximate surface area is 161 Å². The molecule has 0 bridgehead atoms. The lowest BCUT2D eigenvalue weighted by atomic mass is 9.75. The van der Waals surface area contributed by atoms with Gasteiger partial charge < -0.3 is 10.1 Å². The molecule has 0 aromatic heterocycles. The minimum Gasteiger partial charge on any atom is -0.460 e. The molecule has 25 heavy (non-hydrogen) atoms. The molecule has 132 valence electrons. The number of esters is 1. The molecule has 1 N–H and O–H groups in total. The number of carbonyl (C=O) groups excluding carboxylic acids is 2. The first-order chi connectivity index (χ1) is 11.9. The number of halogens is 1. The third-order valence-electron chi connectivity index (χ3n) is 4.52. The molecule has 5 heteroatoms. The van der Waals surface area contributed by atoms with Crippen molar-refractivity contribution in [3.8, 4) is 0 Å². The summed E-state index contributed by atoms with van der Waals surface area (Å²) in [7, 11) is 0. The minimum absolute atomic E-state index is 0.125. The molecule has 1 aromatic carbocycles. The van der Waals surface area contributed by atoms with E-state index in [-0.39, 0.29) is 23.8 Å². The van der Waals surface area contributed by atoms with Crippen LogP contribution in [0.15, 0.2) is 46.8 Å². The molecule has 1 aliphatic heterocycles. The number of hydrogen-bond donors (Lipinski definition) is 1. The molecular formula is C20H22INO3. The predicted molar refractivity (Wildman–Crippen MR) is 105 cm³/mol. The van der Waals surface area contributed by atoms with Crippen molar-refractivity contribution in [3.05, 3.63) is 55.9 Å². The van der Waals surface area contributed by atoms with E-state index in [1.54, 1.807) is 0 Å². The van der Waals surface area contributed by atoms with Gasteiger partial charge in [0.25, 0.3) is 0 Å². The third kappa shape index (κ3) is 3.66. The lowest BCUT2D eigenvalue weighted by molar-refractivity contribution is -0.143. The Morgan fingerprint density at radius 2 is 2.08 bits per heavy atom. The van der Waals surface area contributed by atoms with E-state index in [0.717, 1.165) is 38.9 Å². The lowest BCUT2D eigenvalue weighted by Gasteiger charge is -2.34. The van der Waals surface area contributed by atoms with Gasteiger partial charge in [-0.3, -0.25) is 4.79 Å². The average molecular weight is 451 g/mol. The van der Waals surface area contributed by atoms with Crippen molar-refractivity contribution in [1.82, 2.24) is 5.32 Å². The Bertz CT molecular complexity index is 792. The Morgan fingerprint density at radius 1 is 1.32 bits per heavy atom. The SMILES string of the molecule is CC1=C(C(=O)OC(C)C)[C@@H](c2cccc(I)c2)C2=C(CCCC2=O)N1. The van der Waals surface area contributed by atoms with Crippen molar-refractivity contribution in [2.24, 2.45) is 0 Å². The van der Waals surface area contributed by atoms with Crippen LogP contribution in [0, 0.1) is 3.57 Å². The quantitative estimate of drug-likeness (QED) is 0.553. The van der Waals surface area contributed by atoms with Crippen LogP contribution in [0.2, 0.25) is 0 Å². The monoisotopic (exact) mass is 451 g/mol. The first-order valence-electron chi connectivity index (χ1n) is 8.59. The molecule has 0 radical (unpaired) electrons. The van der Waals surface area contributed by atoms with E-state index >= 15 is 0 Å². The van der Waals surface area contributed by atoms with Gasteiger partial charge in [-0.05, 0) is 73.9 Å². The summed E-state index contributed by atoms with van der Waals surface area (Å²) in [5.74, 6) is -0.584. The first-order valence-corrected chi connectivity index (χ1v) is 9.67. The van der Waals surface area contributed by atoms with Gasteiger partial charge in [-0.1, -0.05) is 12.1 Å². The normalized spacial score (nSPS) is 20.5. The summed E-state index contributed by atoms with van der Waals surface area (Å²) in [4.78, 5) is 25.5. The highest BCUT2D eigenvalue weighted by Crippen LogP contribution is 2.42. The molecule has 3 rings (SSSR count). The second-order valence-corrected chi connectivity index (χ2v) is 8.02. The maximum Gasteiger partial charge on any atom is 0.337 e. The van der Waals surface area contributed by atoms with Gasteiger partial charge >= 0.3 is 5.97 Å². The molecule has 2 aliphatic rings. The summed E-state index contributed by atoms with van der Waals surface area (Å²) in [6, 6.07) is 8.00. The molecule has 1 atom stereocenters. The predicted octanol–water partition coefficient (Wildman–Crippen LogP) is 4.21. The summed E-state index contributed by atoms with van der Waals surface area (Å²) in [5.41, 5.74) is 3.98. The van der Waals surface area contributed by atoms with Crippen molar-refractivity contribution in [2.75, 3.05) is 0 Å². The minimum atomic E-state index is -0.356. The van der Waals surface area contributed by atoms with Crippen LogP contribution in [0.25, 0.3) is 0 Å². The Kier molecular flexibility index (Phi) is 5.32. The van der Waals surface area contributed by atoms with Gasteiger partial charge in [0.2, 0.25) is 0 Å². The van der Waals surface area contributed by atoms with Gasteiger partial charge in [-0.2, -0.15) is 0 Å². The van der Waals surface area contributed by atoms with Gasteiger partial charge in [-0.15, -0.1) is 0 Å². The number of dihydropyridines is 1. The Hall–Kier alpha value is -1.63. The number of rotatable bonds is 3. The van der Waals surface area contributed by atoms with E-state index in [2.05, 4.69) is 27.9 Å². The number of Topliss-reactive ketones (excluding diaryl/α,β-unsaturated/α-hetero) is 1. The van der Waals surface area contributed by atoms with Gasteiger partial charge in [0, 0.05) is 32.9 Å². The zero-order chi connectivity index (χ0) is 18.1. The van der Waals surface area contributed by atoms with E-state index in [4.69, 9.17) is 4.74 Å². The summed E-state index contributed by atoms with van der Waals surface area (Å²) in [6.45, 7) is 5.56. The number of allylic oxidation sites excluding steroid dienone is 3. The topological polar surface area (TPSA) is 55.4 Å². The van der Waals surface area contributed by atoms with Gasteiger partial charge in [0.15, 0.2) is 5.78 Å². The summed E-state index contributed by atoms with van der Waals surface area (Å²) in [6.07, 6.45) is 2.02. The summed E-state index contributed by atoms with van der Waals surface area (Å²) < 4.78 is 6.56. The molecule has 1 heterocycles. The number of hydrogen-bond acceptors (Lipinski definition) is 4. The van der Waals surface area contributed by atoms with Crippen LogP contribution in [0.3, 0.4) is 0 Å². The summed E-state index contributed by atoms with van der Waals surface area (Å²) >= 11 is 2.26. The molecule has 0 amide bonds. The fourth-order valence-electron chi connectivity index (χ4n) is 3.55. The van der Waals surface area contributed by atoms with Crippen LogP contribution < -0.4 is 5.32 Å². The molecule has 0 saturated carbocycles. The maximum absolute atomic E-state index is 12.8. The lowest BCUT2D eigenvalue weighted by Crippen LogP contribution is -2.35. The molecule has 0 unspecified atom stereocenters. The first kappa shape index (κ1) is 18.2. The molecule has 0 spiro atoms. The van der Waals surface area contributed by atoms with Crippen LogP contribution in [0.5, 0.6) is 0 Å². The fraction of sp³-hybridized carbons (Fsp3) is 0.400. The van der Waals surface area contributed by atoms with Gasteiger partial charge in [0.1, 0.15) is 0 Å². The number of nitrogens with one attached hydrogen (secondary N) is 1. The van der Waals surface area contributed by atoms with Gasteiger partial charge in [0.05, 0.1) is 11.7 Å². The molecule has 0 saturated heterocycles. The van der Waals surface area contributed by atoms with Crippen molar-refractivity contribution in [2.45, 2.75) is 52.1 Å². The number of benzene rings is 1. The van der Waals surface area contributed by atoms with E-state index in [1.165, 1.54) is 0 Å². The van der Waals surface area contributed by atoms with Crippen molar-refractivity contribution < 1.29 is 14.3 Å². The van der Waals surface area contributed by atoms with E-state index < -0.39 is 0 Å². The van der Waals surface area contributed by atoms with Crippen LogP contribution >= 0.6 is 22.6 Å². The zero-order valence-electron chi connectivity index (χ0n) is 14.7. The fourth-order valence-corrected chi connectivity index (χ4v) is 4.12. The maximum atomic E-state index is 12.8. The van der Waals surface area contributed by atoms with Crippen molar-refractivity contribution in [3.63, 3.8) is 0 Å². The number of carbonyl (C=O) groups is 2. The number of ether oxygens (including phenoxy) is 1. The van der Waals surface area contributed by atoms with Crippen LogP contribution in [0.4, 0.5) is 0 Å². The van der Waals surface area contributed by atoms with E-state index in [0.29, 0.717) is 12.0 Å². The van der Waals surface area contributed by atoms with Crippen molar-refractivity contribution >= 4 is 34.3 Å². The molecule has 0 fully saturated rings. The van der Waals surface area contributed by atoms with Crippen LogP contribution in [-0.2, 0) is 14.3 Å². The van der Waals surface area contributed by atoms with E-state index in [9.17, 15) is 9.59 Å². The van der Waals surface area contributed by atoms with Crippen LogP contribution in [-0.4, -0.2) is 17.9 Å². The third-order valence-corrected chi connectivity index (χ3v) is 5.19. The molecule has 1 aromatic rings. The van der Waals surface area contributed by atoms with Crippen molar-refractivity contribution in [1.29, 1.82) is 0 Å². The number of ketones is 1. The summed E-state index contributed by atoms with van der Waals surface area (Å²) in [5, 5.41) is 3.30. The highest BCUT2D eigenvalue weighted by atomic mass is 127. The standard InChI is InChI=1S/C20H22INO3/c1-11(2)25-20(24)17-12(3)22-15-8-5-9-16(23)19(15)18(17)13-6-4-7-14(21)10-13/h4,6-7,10-11,18,22H,5,8-9H2,1-3H3/t18-/m1/s1. The van der Waals surface area contributed by atoms with E-state index in [1.807, 2.05) is 45.0 Å². The Morgan fingerprint density at radius 3 is 2.76 bits per heavy atom. The largest absolute Gasteiger partial charge is 0.460 e. The molecule has 4 nitrogen and oxygen atoms in total. The average Bonchev–Trinajstić information content (AvgIpc) is 2.53. The van der Waals surface area contributed by atoms with Gasteiger partial charge in [-0.25, -0.2) is 4.79 Å². The zero-order valence-corrected chi connectivity index (χ0v) is 16.8. The molecule has 1 aliphatic carbocycles. The second kappa shape index (κ2) is 7.32. The highest BCUT2D eigenvalue weighted by Gasteiger charge is 2.39.